The first-order valence-corrected chi connectivity index (χ1v) is 12.3. The number of hydrogen-bond acceptors (Lipinski definition) is 6. The monoisotopic (exact) mass is 510 g/mol. The van der Waals surface area contributed by atoms with Gasteiger partial charge in [0.05, 0.1) is 25.1 Å². The van der Waals surface area contributed by atoms with E-state index in [0.29, 0.717) is 5.75 Å². The van der Waals surface area contributed by atoms with E-state index >= 15 is 0 Å². The van der Waals surface area contributed by atoms with Gasteiger partial charge in [0, 0.05) is 26.6 Å². The molecule has 198 valence electrons. The minimum atomic E-state index is -1.21. The number of amides is 4. The average Bonchev–Trinajstić information content (AvgIpc) is 2.90. The molecule has 4 amide bonds. The second kappa shape index (κ2) is 13.4. The summed E-state index contributed by atoms with van der Waals surface area (Å²) in [6.45, 7) is 2.19. The topological polar surface area (TPSA) is 128 Å². The lowest BCUT2D eigenvalue weighted by Gasteiger charge is -2.28. The van der Waals surface area contributed by atoms with Crippen molar-refractivity contribution in [3.63, 3.8) is 0 Å². The molecule has 3 N–H and O–H groups in total. The van der Waals surface area contributed by atoms with E-state index in [2.05, 4.69) is 10.6 Å². The lowest BCUT2D eigenvalue weighted by Crippen LogP contribution is -2.54. The zero-order valence-corrected chi connectivity index (χ0v) is 21.2. The smallest absolute Gasteiger partial charge is 0.255 e. The van der Waals surface area contributed by atoms with Crippen LogP contribution in [0.4, 0.5) is 0 Å². The molecule has 0 bridgehead atoms. The molecule has 2 atom stereocenters. The summed E-state index contributed by atoms with van der Waals surface area (Å²) < 4.78 is 5.83. The highest BCUT2D eigenvalue weighted by molar-refractivity contribution is 6.01. The third kappa shape index (κ3) is 7.53. The van der Waals surface area contributed by atoms with Gasteiger partial charge in [-0.3, -0.25) is 19.2 Å². The molecule has 0 radical (unpaired) electrons. The minimum absolute atomic E-state index is 0.0585. The molecule has 37 heavy (non-hydrogen) atoms. The number of para-hydroxylation sites is 1. The van der Waals surface area contributed by atoms with Crippen LogP contribution in [0.1, 0.15) is 29.3 Å². The lowest BCUT2D eigenvalue weighted by atomic mass is 10.0. The van der Waals surface area contributed by atoms with Crippen LogP contribution in [0.15, 0.2) is 54.6 Å². The molecular formula is C27H34N4O6. The van der Waals surface area contributed by atoms with Crippen LogP contribution in [0.25, 0.3) is 0 Å². The van der Waals surface area contributed by atoms with Crippen LogP contribution < -0.4 is 15.4 Å². The van der Waals surface area contributed by atoms with Crippen molar-refractivity contribution in [3.05, 3.63) is 65.7 Å². The predicted molar refractivity (Wildman–Crippen MR) is 137 cm³/mol. The Bertz CT molecular complexity index is 1090. The number of likely N-dealkylation sites (N-methyl/N-ethyl adjacent to an activating group) is 2. The Morgan fingerprint density at radius 1 is 1.08 bits per heavy atom. The van der Waals surface area contributed by atoms with Gasteiger partial charge in [0.1, 0.15) is 24.4 Å². The van der Waals surface area contributed by atoms with E-state index in [0.717, 1.165) is 5.56 Å². The Morgan fingerprint density at radius 3 is 2.49 bits per heavy atom. The van der Waals surface area contributed by atoms with Crippen LogP contribution in [0.5, 0.6) is 5.75 Å². The largest absolute Gasteiger partial charge is 0.491 e. The summed E-state index contributed by atoms with van der Waals surface area (Å²) in [6, 6.07) is 13.8. The number of carbonyl (C=O) groups is 4. The van der Waals surface area contributed by atoms with Crippen molar-refractivity contribution in [1.82, 2.24) is 20.4 Å². The quantitative estimate of drug-likeness (QED) is 0.522. The maximum absolute atomic E-state index is 13.3. The fourth-order valence-electron chi connectivity index (χ4n) is 4.14. The molecule has 1 aliphatic rings. The van der Waals surface area contributed by atoms with Gasteiger partial charge in [-0.2, -0.15) is 0 Å². The molecule has 0 unspecified atom stereocenters. The fraction of sp³-hybridized carbons (Fsp3) is 0.407. The van der Waals surface area contributed by atoms with Crippen LogP contribution in [0.3, 0.4) is 0 Å². The van der Waals surface area contributed by atoms with E-state index in [-0.39, 0.29) is 57.2 Å². The van der Waals surface area contributed by atoms with E-state index in [4.69, 9.17) is 4.74 Å². The van der Waals surface area contributed by atoms with Gasteiger partial charge in [-0.05, 0) is 24.6 Å². The third-order valence-corrected chi connectivity index (χ3v) is 6.16. The van der Waals surface area contributed by atoms with Crippen LogP contribution in [0, 0.1) is 0 Å². The molecule has 0 saturated carbocycles. The van der Waals surface area contributed by atoms with Crippen LogP contribution in [0.2, 0.25) is 0 Å². The van der Waals surface area contributed by atoms with Gasteiger partial charge in [-0.15, -0.1) is 0 Å². The Hall–Kier alpha value is -3.92. The van der Waals surface area contributed by atoms with E-state index in [1.54, 1.807) is 38.2 Å². The van der Waals surface area contributed by atoms with Gasteiger partial charge in [0.2, 0.25) is 17.7 Å². The van der Waals surface area contributed by atoms with E-state index in [9.17, 15) is 24.3 Å². The Balaban J connectivity index is 1.94. The maximum Gasteiger partial charge on any atom is 0.255 e. The highest BCUT2D eigenvalue weighted by Crippen LogP contribution is 2.19. The number of aliphatic hydroxyl groups is 1. The van der Waals surface area contributed by atoms with Gasteiger partial charge in [-0.25, -0.2) is 0 Å². The summed E-state index contributed by atoms with van der Waals surface area (Å²) in [5.74, 6) is -1.62. The average molecular weight is 511 g/mol. The molecule has 1 aliphatic heterocycles. The first-order valence-electron chi connectivity index (χ1n) is 12.3. The molecule has 3 rings (SSSR count). The number of fused-ring (bicyclic) bond motifs is 1. The van der Waals surface area contributed by atoms with Gasteiger partial charge in [0.25, 0.3) is 5.91 Å². The fourth-order valence-corrected chi connectivity index (χ4v) is 4.14. The molecule has 10 nitrogen and oxygen atoms in total. The van der Waals surface area contributed by atoms with Gasteiger partial charge in [0.15, 0.2) is 0 Å². The van der Waals surface area contributed by atoms with Crippen molar-refractivity contribution in [3.8, 4) is 5.75 Å². The van der Waals surface area contributed by atoms with Crippen molar-refractivity contribution in [2.24, 2.45) is 0 Å². The number of nitrogens with zero attached hydrogens (tertiary/aromatic N) is 2. The molecule has 0 spiro atoms. The standard InChI is InChI=1S/C27H34N4O6/c1-3-31(13-15-32)27(36)22-18-24(33)28-21(17-19-9-5-4-6-10-19)26(35)30(2)14-16-37-23-12-8-7-11-20(23)25(34)29-22/h4-12,21-22,32H,3,13-18H2,1-2H3,(H,28,33)(H,29,34)/t21-,22-/m0/s1. The Labute approximate surface area is 216 Å². The summed E-state index contributed by atoms with van der Waals surface area (Å²) >= 11 is 0. The lowest BCUT2D eigenvalue weighted by molar-refractivity contribution is -0.138. The summed E-state index contributed by atoms with van der Waals surface area (Å²) in [7, 11) is 1.63. The van der Waals surface area contributed by atoms with Gasteiger partial charge >= 0.3 is 0 Å². The summed E-state index contributed by atoms with van der Waals surface area (Å²) in [4.78, 5) is 55.8. The summed E-state index contributed by atoms with van der Waals surface area (Å²) in [6.07, 6.45) is -0.117. The Morgan fingerprint density at radius 2 is 1.78 bits per heavy atom. The number of benzene rings is 2. The number of rotatable bonds is 6. The van der Waals surface area contributed by atoms with E-state index < -0.39 is 29.8 Å². The van der Waals surface area contributed by atoms with Crippen LogP contribution >= 0.6 is 0 Å². The second-order valence-corrected chi connectivity index (χ2v) is 8.79. The number of aliphatic hydroxyl groups excluding tert-OH is 1. The molecule has 0 saturated heterocycles. The van der Waals surface area contributed by atoms with Crippen molar-refractivity contribution < 1.29 is 29.0 Å². The predicted octanol–water partition coefficient (Wildman–Crippen LogP) is 0.594. The molecule has 2 aromatic carbocycles. The van der Waals surface area contributed by atoms with E-state index in [1.807, 2.05) is 30.3 Å². The molecule has 2 aromatic rings. The van der Waals surface area contributed by atoms with Gasteiger partial charge in [-0.1, -0.05) is 42.5 Å². The summed E-state index contributed by atoms with van der Waals surface area (Å²) in [5.41, 5.74) is 1.07. The molecule has 0 aromatic heterocycles. The van der Waals surface area contributed by atoms with Crippen molar-refractivity contribution in [2.45, 2.75) is 31.8 Å². The van der Waals surface area contributed by atoms with Crippen molar-refractivity contribution in [1.29, 1.82) is 0 Å². The normalized spacial score (nSPS) is 19.1. The van der Waals surface area contributed by atoms with Crippen LogP contribution in [-0.2, 0) is 20.8 Å². The van der Waals surface area contributed by atoms with Crippen LogP contribution in [-0.4, -0.2) is 90.5 Å². The molecule has 0 aliphatic carbocycles. The number of carbonyl (C=O) groups excluding carboxylic acids is 4. The van der Waals surface area contributed by atoms with Crippen molar-refractivity contribution >= 4 is 23.6 Å². The maximum atomic E-state index is 13.3. The highest BCUT2D eigenvalue weighted by Gasteiger charge is 2.31. The first kappa shape index (κ1) is 27.7. The number of hydrogen-bond donors (Lipinski definition) is 3. The molecular weight excluding hydrogens is 476 g/mol. The van der Waals surface area contributed by atoms with Crippen molar-refractivity contribution in [2.75, 3.05) is 39.9 Å². The zero-order chi connectivity index (χ0) is 26.8. The number of nitrogens with one attached hydrogen (secondary N) is 2. The second-order valence-electron chi connectivity index (χ2n) is 8.79. The highest BCUT2D eigenvalue weighted by atomic mass is 16.5. The molecule has 10 heteroatoms. The molecule has 0 fully saturated rings. The summed E-state index contributed by atoms with van der Waals surface area (Å²) in [5, 5.41) is 14.8. The SMILES string of the molecule is CCN(CCO)C(=O)[C@@H]1CC(=O)N[C@@H](Cc2ccccc2)C(=O)N(C)CCOc2ccccc2C(=O)N1. The zero-order valence-electron chi connectivity index (χ0n) is 21.2. The number of ether oxygens (including phenoxy) is 1. The Kier molecular flexibility index (Phi) is 10.0. The molecule has 1 heterocycles. The third-order valence-electron chi connectivity index (χ3n) is 6.16. The van der Waals surface area contributed by atoms with E-state index in [1.165, 1.54) is 9.80 Å². The van der Waals surface area contributed by atoms with Gasteiger partial charge < -0.3 is 30.3 Å². The first-order chi connectivity index (χ1) is 17.8. The minimum Gasteiger partial charge on any atom is -0.491 e.